The summed E-state index contributed by atoms with van der Waals surface area (Å²) in [5.74, 6) is 0.715. The van der Waals surface area contributed by atoms with Gasteiger partial charge in [-0.3, -0.25) is 4.79 Å². The molecule has 0 radical (unpaired) electrons. The molecule has 2 rings (SSSR count). The molecule has 0 spiro atoms. The second-order valence-corrected chi connectivity index (χ2v) is 7.74. The molecule has 1 saturated heterocycles. The SMILES string of the molecule is CC1(C)CCCCC1C(=O)N1CCCCC1CCBr. The van der Waals surface area contributed by atoms with E-state index in [9.17, 15) is 4.79 Å². The molecule has 19 heavy (non-hydrogen) atoms. The molecular formula is C16H28BrNO. The zero-order valence-corrected chi connectivity index (χ0v) is 14.0. The average molecular weight is 330 g/mol. The van der Waals surface area contributed by atoms with Gasteiger partial charge in [0.05, 0.1) is 0 Å². The highest BCUT2D eigenvalue weighted by Crippen LogP contribution is 2.42. The number of piperidine rings is 1. The monoisotopic (exact) mass is 329 g/mol. The molecule has 0 aromatic heterocycles. The van der Waals surface area contributed by atoms with Crippen molar-refractivity contribution in [3.05, 3.63) is 0 Å². The average Bonchev–Trinajstić information content (AvgIpc) is 2.38. The minimum Gasteiger partial charge on any atom is -0.339 e. The van der Waals surface area contributed by atoms with Crippen molar-refractivity contribution in [3.8, 4) is 0 Å². The van der Waals surface area contributed by atoms with Crippen LogP contribution in [-0.2, 0) is 4.79 Å². The molecule has 2 atom stereocenters. The lowest BCUT2D eigenvalue weighted by Crippen LogP contribution is -2.50. The maximum atomic E-state index is 13.0. The molecule has 2 aliphatic rings. The molecule has 1 aliphatic heterocycles. The highest BCUT2D eigenvalue weighted by atomic mass is 79.9. The number of carbonyl (C=O) groups is 1. The van der Waals surface area contributed by atoms with Gasteiger partial charge in [-0.2, -0.15) is 0 Å². The second-order valence-electron chi connectivity index (χ2n) is 6.95. The maximum Gasteiger partial charge on any atom is 0.226 e. The Hall–Kier alpha value is -0.0500. The fourth-order valence-electron chi connectivity index (χ4n) is 3.87. The summed E-state index contributed by atoms with van der Waals surface area (Å²) in [5, 5.41) is 1.01. The molecule has 110 valence electrons. The number of halogens is 1. The smallest absolute Gasteiger partial charge is 0.226 e. The second kappa shape index (κ2) is 6.60. The number of carbonyl (C=O) groups excluding carboxylic acids is 1. The van der Waals surface area contributed by atoms with Crippen molar-refractivity contribution in [3.63, 3.8) is 0 Å². The molecule has 1 aliphatic carbocycles. The number of hydrogen-bond acceptors (Lipinski definition) is 1. The quantitative estimate of drug-likeness (QED) is 0.704. The van der Waals surface area contributed by atoms with Gasteiger partial charge in [-0.25, -0.2) is 0 Å². The van der Waals surface area contributed by atoms with Gasteiger partial charge in [-0.1, -0.05) is 42.6 Å². The summed E-state index contributed by atoms with van der Waals surface area (Å²) in [6.45, 7) is 5.57. The summed E-state index contributed by atoms with van der Waals surface area (Å²) in [4.78, 5) is 15.2. The summed E-state index contributed by atoms with van der Waals surface area (Å²) in [5.41, 5.74) is 0.200. The van der Waals surface area contributed by atoms with Crippen LogP contribution in [0.1, 0.15) is 65.2 Å². The van der Waals surface area contributed by atoms with E-state index in [2.05, 4.69) is 34.7 Å². The molecule has 1 saturated carbocycles. The Balaban J connectivity index is 2.07. The molecule has 0 aromatic rings. The van der Waals surface area contributed by atoms with Gasteiger partial charge in [0.2, 0.25) is 5.91 Å². The Morgan fingerprint density at radius 3 is 2.63 bits per heavy atom. The number of alkyl halides is 1. The normalized spacial score (nSPS) is 31.2. The summed E-state index contributed by atoms with van der Waals surface area (Å²) in [6, 6.07) is 0.485. The third kappa shape index (κ3) is 3.53. The minimum atomic E-state index is 0.200. The van der Waals surface area contributed by atoms with Crippen LogP contribution in [0.3, 0.4) is 0 Å². The van der Waals surface area contributed by atoms with Crippen molar-refractivity contribution >= 4 is 21.8 Å². The Kier molecular flexibility index (Phi) is 5.33. The molecular weight excluding hydrogens is 302 g/mol. The Bertz CT molecular complexity index is 314. The predicted molar refractivity (Wildman–Crippen MR) is 83.5 cm³/mol. The zero-order valence-electron chi connectivity index (χ0n) is 12.5. The first-order valence-electron chi connectivity index (χ1n) is 7.93. The lowest BCUT2D eigenvalue weighted by molar-refractivity contribution is -0.145. The fourth-order valence-corrected chi connectivity index (χ4v) is 4.40. The van der Waals surface area contributed by atoms with Gasteiger partial charge >= 0.3 is 0 Å². The molecule has 2 unspecified atom stereocenters. The number of likely N-dealkylation sites (tertiary alicyclic amines) is 1. The Labute approximate surface area is 126 Å². The number of hydrogen-bond donors (Lipinski definition) is 0. The number of amides is 1. The third-order valence-electron chi connectivity index (χ3n) is 5.16. The van der Waals surface area contributed by atoms with E-state index in [4.69, 9.17) is 0 Å². The van der Waals surface area contributed by atoms with E-state index >= 15 is 0 Å². The molecule has 0 aromatic carbocycles. The van der Waals surface area contributed by atoms with Gasteiger partial charge in [0.1, 0.15) is 0 Å². The van der Waals surface area contributed by atoms with Crippen molar-refractivity contribution in [2.75, 3.05) is 11.9 Å². The van der Waals surface area contributed by atoms with E-state index in [1.54, 1.807) is 0 Å². The molecule has 2 fully saturated rings. The van der Waals surface area contributed by atoms with Gasteiger partial charge < -0.3 is 4.90 Å². The first kappa shape index (κ1) is 15.3. The maximum absolute atomic E-state index is 13.0. The van der Waals surface area contributed by atoms with E-state index in [1.165, 1.54) is 38.5 Å². The predicted octanol–water partition coefficient (Wildman–Crippen LogP) is 4.37. The molecule has 0 bridgehead atoms. The van der Waals surface area contributed by atoms with Gasteiger partial charge in [0.15, 0.2) is 0 Å². The van der Waals surface area contributed by atoms with E-state index in [1.807, 2.05) is 0 Å². The van der Waals surface area contributed by atoms with Gasteiger partial charge in [-0.15, -0.1) is 0 Å². The third-order valence-corrected chi connectivity index (χ3v) is 5.62. The largest absolute Gasteiger partial charge is 0.339 e. The van der Waals surface area contributed by atoms with E-state index in [0.29, 0.717) is 11.9 Å². The van der Waals surface area contributed by atoms with Crippen LogP contribution in [0, 0.1) is 11.3 Å². The van der Waals surface area contributed by atoms with Crippen LogP contribution < -0.4 is 0 Å². The number of rotatable bonds is 3. The Morgan fingerprint density at radius 2 is 1.95 bits per heavy atom. The van der Waals surface area contributed by atoms with Crippen molar-refractivity contribution in [2.24, 2.45) is 11.3 Å². The van der Waals surface area contributed by atoms with Crippen molar-refractivity contribution in [2.45, 2.75) is 71.3 Å². The van der Waals surface area contributed by atoms with Crippen LogP contribution in [0.25, 0.3) is 0 Å². The first-order valence-corrected chi connectivity index (χ1v) is 9.05. The van der Waals surface area contributed by atoms with Crippen LogP contribution in [-0.4, -0.2) is 28.7 Å². The highest BCUT2D eigenvalue weighted by Gasteiger charge is 2.40. The van der Waals surface area contributed by atoms with Gasteiger partial charge in [0.25, 0.3) is 0 Å². The molecule has 2 nitrogen and oxygen atoms in total. The number of nitrogens with zero attached hydrogens (tertiary/aromatic N) is 1. The highest BCUT2D eigenvalue weighted by molar-refractivity contribution is 9.09. The molecule has 1 amide bonds. The molecule has 1 heterocycles. The zero-order chi connectivity index (χ0) is 13.9. The van der Waals surface area contributed by atoms with Gasteiger partial charge in [0, 0.05) is 23.8 Å². The fraction of sp³-hybridized carbons (Fsp3) is 0.938. The van der Waals surface area contributed by atoms with Crippen LogP contribution in [0.15, 0.2) is 0 Å². The van der Waals surface area contributed by atoms with Crippen LogP contribution in [0.4, 0.5) is 0 Å². The van der Waals surface area contributed by atoms with E-state index in [-0.39, 0.29) is 11.3 Å². The summed E-state index contributed by atoms with van der Waals surface area (Å²) in [6.07, 6.45) is 9.62. The van der Waals surface area contributed by atoms with Gasteiger partial charge in [-0.05, 0) is 43.9 Å². The topological polar surface area (TPSA) is 20.3 Å². The minimum absolute atomic E-state index is 0.200. The first-order chi connectivity index (χ1) is 9.06. The standard InChI is InChI=1S/C16H28BrNO/c1-16(2)10-5-3-8-14(16)15(19)18-12-6-4-7-13(18)9-11-17/h13-14H,3-12H2,1-2H3. The van der Waals surface area contributed by atoms with Crippen LogP contribution >= 0.6 is 15.9 Å². The molecule has 3 heteroatoms. The lowest BCUT2D eigenvalue weighted by atomic mass is 9.68. The lowest BCUT2D eigenvalue weighted by Gasteiger charge is -2.44. The van der Waals surface area contributed by atoms with Crippen molar-refractivity contribution < 1.29 is 4.79 Å². The summed E-state index contributed by atoms with van der Waals surface area (Å²) in [7, 11) is 0. The van der Waals surface area contributed by atoms with Crippen molar-refractivity contribution in [1.29, 1.82) is 0 Å². The molecule has 0 N–H and O–H groups in total. The van der Waals surface area contributed by atoms with Crippen LogP contribution in [0.5, 0.6) is 0 Å². The summed E-state index contributed by atoms with van der Waals surface area (Å²) < 4.78 is 0. The van der Waals surface area contributed by atoms with E-state index in [0.717, 1.165) is 24.7 Å². The Morgan fingerprint density at radius 1 is 1.21 bits per heavy atom. The van der Waals surface area contributed by atoms with Crippen LogP contribution in [0.2, 0.25) is 0 Å². The summed E-state index contributed by atoms with van der Waals surface area (Å²) >= 11 is 3.54. The van der Waals surface area contributed by atoms with E-state index < -0.39 is 0 Å². The van der Waals surface area contributed by atoms with Crippen molar-refractivity contribution in [1.82, 2.24) is 4.90 Å².